The minimum Gasteiger partial charge on any atom is -0.507 e. The molecule has 1 spiro atoms. The first kappa shape index (κ1) is 20.5. The van der Waals surface area contributed by atoms with Crippen LogP contribution in [0.25, 0.3) is 0 Å². The number of carbonyl (C=O) groups is 1. The summed E-state index contributed by atoms with van der Waals surface area (Å²) in [6, 6.07) is 1.70. The molecular weight excluding hydrogens is 372 g/mol. The lowest BCUT2D eigenvalue weighted by Crippen LogP contribution is -2.68. The molecule has 6 nitrogen and oxygen atoms in total. The standard InChI is InChI=1S/C23H30O6/c1-10(2)12-9-13-15(17(26)14(11(3)24)16(12)25)23-8-6-7-22(4,5)20(23)18(27)19(13)29-21(23)28/h9-10,18-21,25,27-28H,6-8H2,1-5H3. The highest BCUT2D eigenvalue weighted by Crippen LogP contribution is 2.64. The molecule has 0 radical (unpaired) electrons. The first-order valence-electron chi connectivity index (χ1n) is 10.4. The summed E-state index contributed by atoms with van der Waals surface area (Å²) in [4.78, 5) is 26.1. The number of Topliss-reactive ketones (excluding diaryl/α,β-unsaturated/α-hetero) is 1. The third kappa shape index (κ3) is 2.52. The number of hydrogen-bond acceptors (Lipinski definition) is 6. The molecule has 2 heterocycles. The first-order valence-corrected chi connectivity index (χ1v) is 10.4. The normalized spacial score (nSPS) is 34.6. The van der Waals surface area contributed by atoms with Gasteiger partial charge >= 0.3 is 0 Å². The SMILES string of the molecule is CC(=O)c1c(O)c(C(C)C)cc2c(c1=O)C13CCCC(C)(C)C1C(O)C2OC3O. The van der Waals surface area contributed by atoms with Crippen LogP contribution in [0, 0.1) is 11.3 Å². The van der Waals surface area contributed by atoms with Crippen LogP contribution >= 0.6 is 0 Å². The Labute approximate surface area is 170 Å². The van der Waals surface area contributed by atoms with Gasteiger partial charge in [-0.3, -0.25) is 9.59 Å². The molecule has 0 amide bonds. The Morgan fingerprint density at radius 3 is 2.48 bits per heavy atom. The molecule has 5 rings (SSSR count). The molecule has 1 aromatic carbocycles. The van der Waals surface area contributed by atoms with Gasteiger partial charge in [0.1, 0.15) is 17.4 Å². The minimum absolute atomic E-state index is 0.150. The maximum atomic E-state index is 13.7. The smallest absolute Gasteiger partial charge is 0.197 e. The van der Waals surface area contributed by atoms with Gasteiger partial charge in [-0.05, 0) is 48.3 Å². The minimum atomic E-state index is -1.24. The van der Waals surface area contributed by atoms with E-state index in [2.05, 4.69) is 0 Å². The van der Waals surface area contributed by atoms with E-state index in [0.717, 1.165) is 12.8 Å². The van der Waals surface area contributed by atoms with Crippen LogP contribution in [0.2, 0.25) is 0 Å². The van der Waals surface area contributed by atoms with E-state index in [1.807, 2.05) is 27.7 Å². The number of ketones is 1. The van der Waals surface area contributed by atoms with Gasteiger partial charge in [0.2, 0.25) is 0 Å². The molecule has 3 N–H and O–H groups in total. The summed E-state index contributed by atoms with van der Waals surface area (Å²) in [6.07, 6.45) is -0.898. The first-order chi connectivity index (χ1) is 13.4. The van der Waals surface area contributed by atoms with Gasteiger partial charge in [0.25, 0.3) is 0 Å². The van der Waals surface area contributed by atoms with Crippen LogP contribution in [0.4, 0.5) is 0 Å². The van der Waals surface area contributed by atoms with E-state index in [4.69, 9.17) is 4.74 Å². The number of rotatable bonds is 2. The zero-order valence-electron chi connectivity index (χ0n) is 17.7. The van der Waals surface area contributed by atoms with E-state index in [9.17, 15) is 24.9 Å². The fourth-order valence-electron chi connectivity index (χ4n) is 6.35. The van der Waals surface area contributed by atoms with E-state index in [0.29, 0.717) is 23.1 Å². The molecule has 5 atom stereocenters. The number of hydrogen-bond donors (Lipinski definition) is 3. The van der Waals surface area contributed by atoms with Gasteiger partial charge in [0.15, 0.2) is 17.5 Å². The molecule has 2 aliphatic heterocycles. The van der Waals surface area contributed by atoms with Crippen molar-refractivity contribution < 1.29 is 24.9 Å². The summed E-state index contributed by atoms with van der Waals surface area (Å²) in [7, 11) is 0. The molecule has 4 aliphatic rings. The van der Waals surface area contributed by atoms with E-state index in [1.54, 1.807) is 6.07 Å². The Morgan fingerprint density at radius 1 is 1.24 bits per heavy atom. The molecule has 1 saturated carbocycles. The molecule has 158 valence electrons. The number of aliphatic hydroxyl groups is 2. The van der Waals surface area contributed by atoms with Crippen molar-refractivity contribution in [3.8, 4) is 5.75 Å². The summed E-state index contributed by atoms with van der Waals surface area (Å²) in [5, 5.41) is 33.2. The van der Waals surface area contributed by atoms with E-state index in [-0.39, 0.29) is 28.6 Å². The van der Waals surface area contributed by atoms with Gasteiger partial charge in [-0.1, -0.05) is 34.1 Å². The molecule has 6 heteroatoms. The van der Waals surface area contributed by atoms with E-state index in [1.165, 1.54) is 6.92 Å². The van der Waals surface area contributed by atoms with Crippen molar-refractivity contribution in [2.45, 2.75) is 83.7 Å². The second-order valence-corrected chi connectivity index (χ2v) is 9.95. The van der Waals surface area contributed by atoms with Crippen LogP contribution in [0.15, 0.2) is 10.9 Å². The Kier molecular flexibility index (Phi) is 4.50. The number of aromatic hydroxyl groups is 1. The Hall–Kier alpha value is -1.76. The molecular formula is C23H30O6. The number of fused-ring (bicyclic) bond motifs is 1. The van der Waals surface area contributed by atoms with Gasteiger partial charge in [-0.15, -0.1) is 0 Å². The van der Waals surface area contributed by atoms with Crippen LogP contribution in [0.5, 0.6) is 5.75 Å². The number of aliphatic hydroxyl groups excluding tert-OH is 2. The van der Waals surface area contributed by atoms with Crippen molar-refractivity contribution in [3.05, 3.63) is 38.5 Å². The van der Waals surface area contributed by atoms with E-state index >= 15 is 0 Å². The lowest BCUT2D eigenvalue weighted by molar-refractivity contribution is -0.303. The quantitative estimate of drug-likeness (QED) is 0.657. The van der Waals surface area contributed by atoms with Gasteiger partial charge in [0, 0.05) is 11.5 Å². The molecule has 1 aromatic rings. The zero-order valence-corrected chi connectivity index (χ0v) is 17.7. The van der Waals surface area contributed by atoms with Crippen molar-refractivity contribution >= 4 is 5.78 Å². The summed E-state index contributed by atoms with van der Waals surface area (Å²) in [5.41, 5.74) is -0.899. The van der Waals surface area contributed by atoms with Gasteiger partial charge in [0.05, 0.1) is 11.5 Å². The van der Waals surface area contributed by atoms with Crippen molar-refractivity contribution in [1.29, 1.82) is 0 Å². The van der Waals surface area contributed by atoms with Crippen LogP contribution in [0.3, 0.4) is 0 Å². The summed E-state index contributed by atoms with van der Waals surface area (Å²) in [6.45, 7) is 9.11. The maximum Gasteiger partial charge on any atom is 0.197 e. The second kappa shape index (κ2) is 6.37. The van der Waals surface area contributed by atoms with Gasteiger partial charge in [-0.2, -0.15) is 0 Å². The van der Waals surface area contributed by atoms with Crippen molar-refractivity contribution in [2.24, 2.45) is 11.3 Å². The molecule has 2 bridgehead atoms. The van der Waals surface area contributed by atoms with Crippen LogP contribution < -0.4 is 5.43 Å². The lowest BCUT2D eigenvalue weighted by atomic mass is 9.46. The van der Waals surface area contributed by atoms with Crippen molar-refractivity contribution in [3.63, 3.8) is 0 Å². The lowest BCUT2D eigenvalue weighted by Gasteiger charge is -2.63. The monoisotopic (exact) mass is 402 g/mol. The summed E-state index contributed by atoms with van der Waals surface area (Å²) in [5.74, 6) is -1.35. The predicted octanol–water partition coefficient (Wildman–Crippen LogP) is 2.91. The van der Waals surface area contributed by atoms with E-state index < -0.39 is 35.1 Å². The highest BCUT2D eigenvalue weighted by Gasteiger charge is 2.67. The average molecular weight is 402 g/mol. The maximum absolute atomic E-state index is 13.7. The zero-order chi connectivity index (χ0) is 21.5. The van der Waals surface area contributed by atoms with Crippen LogP contribution in [-0.4, -0.2) is 33.5 Å². The third-order valence-corrected chi connectivity index (χ3v) is 7.49. The molecule has 1 saturated heterocycles. The predicted molar refractivity (Wildman–Crippen MR) is 107 cm³/mol. The molecule has 0 aromatic heterocycles. The van der Waals surface area contributed by atoms with Crippen LogP contribution in [0.1, 0.15) is 93.0 Å². The molecule has 5 unspecified atom stereocenters. The number of carbonyl (C=O) groups excluding carboxylic acids is 1. The summed E-state index contributed by atoms with van der Waals surface area (Å²) >= 11 is 0. The fraction of sp³-hybridized carbons (Fsp3) is 0.652. The Morgan fingerprint density at radius 2 is 1.90 bits per heavy atom. The fourth-order valence-corrected chi connectivity index (χ4v) is 6.35. The largest absolute Gasteiger partial charge is 0.507 e. The molecule has 29 heavy (non-hydrogen) atoms. The third-order valence-electron chi connectivity index (χ3n) is 7.49. The highest BCUT2D eigenvalue weighted by atomic mass is 16.6. The average Bonchev–Trinajstić information content (AvgIpc) is 2.71. The Bertz CT molecular complexity index is 949. The topological polar surface area (TPSA) is 104 Å². The van der Waals surface area contributed by atoms with Gasteiger partial charge < -0.3 is 20.1 Å². The van der Waals surface area contributed by atoms with Crippen LogP contribution in [-0.2, 0) is 10.2 Å². The number of ether oxygens (including phenoxy) is 1. The van der Waals surface area contributed by atoms with Crippen molar-refractivity contribution in [1.82, 2.24) is 0 Å². The highest BCUT2D eigenvalue weighted by molar-refractivity contribution is 5.97. The van der Waals surface area contributed by atoms with Crippen molar-refractivity contribution in [2.75, 3.05) is 0 Å². The summed E-state index contributed by atoms with van der Waals surface area (Å²) < 4.78 is 5.85. The molecule has 2 aliphatic carbocycles. The molecule has 2 fully saturated rings. The second-order valence-electron chi connectivity index (χ2n) is 9.95. The van der Waals surface area contributed by atoms with Gasteiger partial charge in [-0.25, -0.2) is 0 Å². The Balaban J connectivity index is 2.19.